The molecule has 0 aliphatic heterocycles. The summed E-state index contributed by atoms with van der Waals surface area (Å²) in [6.45, 7) is 4.11. The van der Waals surface area contributed by atoms with Crippen molar-refractivity contribution in [3.8, 4) is 0 Å². The normalized spacial score (nSPS) is 6.70. The third kappa shape index (κ3) is 22.8. The first kappa shape index (κ1) is 22.5. The van der Waals surface area contributed by atoms with Crippen molar-refractivity contribution >= 4 is 0 Å². The van der Waals surface area contributed by atoms with Crippen molar-refractivity contribution in [2.45, 2.75) is 6.92 Å². The Kier molecular flexibility index (Phi) is 50.5. The monoisotopic (exact) mass is 245 g/mol. The Labute approximate surface area is 90.0 Å². The molecular formula is C4H9Cl3O2V. The molecule has 0 fully saturated rings. The molecule has 0 aromatic carbocycles. The maximum Gasteiger partial charge on any atom is -1.00 e. The molecule has 0 unspecified atom stereocenters. The molecule has 0 radical (unpaired) electrons. The van der Waals surface area contributed by atoms with Gasteiger partial charge in [0.15, 0.2) is 0 Å². The molecule has 0 rings (SSSR count). The van der Waals surface area contributed by atoms with Crippen LogP contribution >= 0.6 is 0 Å². The minimum atomic E-state index is 0. The van der Waals surface area contributed by atoms with Gasteiger partial charge in [0.1, 0.15) is 0 Å². The summed E-state index contributed by atoms with van der Waals surface area (Å²) in [5.74, 6) is 0. The van der Waals surface area contributed by atoms with Gasteiger partial charge in [-0.25, -0.2) is 0 Å². The summed E-state index contributed by atoms with van der Waals surface area (Å²) in [5.41, 5.74) is 0. The topological polar surface area (TPSA) is 18.5 Å². The predicted octanol–water partition coefficient (Wildman–Crippen LogP) is -8.49. The fraction of sp³-hybridized carbons (Fsp3) is 1.00. The molecule has 0 saturated carbocycles. The van der Waals surface area contributed by atoms with Gasteiger partial charge >= 0.3 is 52.9 Å². The fourth-order valence-electron chi connectivity index (χ4n) is 0.241. The van der Waals surface area contributed by atoms with Gasteiger partial charge in [-0.1, -0.05) is 0 Å². The Morgan fingerprint density at radius 1 is 1.10 bits per heavy atom. The van der Waals surface area contributed by atoms with E-state index in [1.807, 2.05) is 24.7 Å². The van der Waals surface area contributed by atoms with Crippen LogP contribution in [0.4, 0.5) is 0 Å². The van der Waals surface area contributed by atoms with E-state index in [9.17, 15) is 0 Å². The molecule has 0 aliphatic rings. The predicted molar refractivity (Wildman–Crippen MR) is 22.4 cm³/mol. The zero-order chi connectivity index (χ0) is 5.54. The Morgan fingerprint density at radius 3 is 1.90 bits per heavy atom. The molecule has 6 heteroatoms. The molecule has 0 aliphatic carbocycles. The molecule has 0 amide bonds. The molecule has 0 bridgehead atoms. The van der Waals surface area contributed by atoms with E-state index in [0.29, 0.717) is 13.2 Å². The van der Waals surface area contributed by atoms with E-state index in [-0.39, 0.29) is 37.2 Å². The van der Waals surface area contributed by atoms with E-state index in [2.05, 4.69) is 3.66 Å². The largest absolute Gasteiger partial charge is 1.00 e. The second-order valence-electron chi connectivity index (χ2n) is 1.03. The van der Waals surface area contributed by atoms with Gasteiger partial charge in [-0.05, 0) is 0 Å². The smallest absolute Gasteiger partial charge is 1.00 e. The van der Waals surface area contributed by atoms with Gasteiger partial charge in [-0.3, -0.25) is 0 Å². The fourth-order valence-corrected chi connectivity index (χ4v) is 0.357. The number of halogens is 3. The van der Waals surface area contributed by atoms with Gasteiger partial charge in [-0.15, -0.1) is 0 Å². The summed E-state index contributed by atoms with van der Waals surface area (Å²) < 4.78 is 9.60. The zero-order valence-electron chi connectivity index (χ0n) is 5.52. The van der Waals surface area contributed by atoms with E-state index >= 15 is 0 Å². The van der Waals surface area contributed by atoms with Crippen LogP contribution in [0.1, 0.15) is 6.92 Å². The van der Waals surface area contributed by atoms with E-state index in [1.54, 1.807) is 0 Å². The second-order valence-corrected chi connectivity index (χ2v) is 1.43. The zero-order valence-corrected chi connectivity index (χ0v) is 9.18. The molecule has 63 valence electrons. The van der Waals surface area contributed by atoms with Crippen molar-refractivity contribution < 1.29 is 63.4 Å². The third-order valence-electron chi connectivity index (χ3n) is 0.523. The minimum absolute atomic E-state index is 0. The summed E-state index contributed by atoms with van der Waals surface area (Å²) >= 11 is 2.04. The van der Waals surface area contributed by atoms with Gasteiger partial charge < -0.3 is 37.2 Å². The van der Waals surface area contributed by atoms with Crippen molar-refractivity contribution in [1.29, 1.82) is 0 Å². The average Bonchev–Trinajstić information content (AvgIpc) is 1.69. The van der Waals surface area contributed by atoms with Gasteiger partial charge in [0.2, 0.25) is 0 Å². The van der Waals surface area contributed by atoms with E-state index < -0.39 is 0 Å². The van der Waals surface area contributed by atoms with Gasteiger partial charge in [0, 0.05) is 0 Å². The first-order valence-corrected chi connectivity index (χ1v) is 2.83. The first-order valence-electron chi connectivity index (χ1n) is 2.26. The SMILES string of the molecule is CCOCC[O][V+3].[Cl-].[Cl-].[Cl-]. The Morgan fingerprint density at radius 2 is 1.60 bits per heavy atom. The number of rotatable bonds is 4. The maximum atomic E-state index is 4.94. The van der Waals surface area contributed by atoms with Crippen LogP contribution in [0.2, 0.25) is 0 Å². The molecule has 0 N–H and O–H groups in total. The molecule has 0 aromatic heterocycles. The molecule has 2 nitrogen and oxygen atoms in total. The van der Waals surface area contributed by atoms with E-state index in [1.165, 1.54) is 0 Å². The first-order chi connectivity index (χ1) is 3.41. The summed E-state index contributed by atoms with van der Waals surface area (Å²) in [6, 6.07) is 0. The van der Waals surface area contributed by atoms with Crippen LogP contribution in [0.5, 0.6) is 0 Å². The van der Waals surface area contributed by atoms with Gasteiger partial charge in [0.25, 0.3) is 0 Å². The molecule has 0 saturated heterocycles. The van der Waals surface area contributed by atoms with Crippen LogP contribution in [0.25, 0.3) is 0 Å². The second kappa shape index (κ2) is 22.4. The van der Waals surface area contributed by atoms with E-state index in [4.69, 9.17) is 4.74 Å². The summed E-state index contributed by atoms with van der Waals surface area (Å²) in [5, 5.41) is 0. The van der Waals surface area contributed by atoms with Crippen LogP contribution < -0.4 is 37.2 Å². The molecule has 0 aromatic rings. The standard InChI is InChI=1S/C4H9O2.3ClH.V/c1-2-6-4-3-5;;;;/h2-4H2,1H3;3*1H;/q-1;;;;+4/p-3. The summed E-state index contributed by atoms with van der Waals surface area (Å²) in [7, 11) is 0. The van der Waals surface area contributed by atoms with Gasteiger partial charge in [0.05, 0.1) is 0 Å². The van der Waals surface area contributed by atoms with E-state index in [0.717, 1.165) is 6.61 Å². The van der Waals surface area contributed by atoms with Crippen molar-refractivity contribution in [3.05, 3.63) is 0 Å². The molecule has 10 heavy (non-hydrogen) atoms. The maximum absolute atomic E-state index is 4.94. The molecular weight excluding hydrogens is 237 g/mol. The summed E-state index contributed by atoms with van der Waals surface area (Å²) in [6.07, 6.45) is 0. The summed E-state index contributed by atoms with van der Waals surface area (Å²) in [4.78, 5) is 0. The van der Waals surface area contributed by atoms with Crippen molar-refractivity contribution in [1.82, 2.24) is 0 Å². The average molecular weight is 246 g/mol. The van der Waals surface area contributed by atoms with Crippen molar-refractivity contribution in [2.75, 3.05) is 19.8 Å². The Balaban J connectivity index is -0.0000000600. The van der Waals surface area contributed by atoms with Crippen molar-refractivity contribution in [2.24, 2.45) is 0 Å². The number of hydrogen-bond acceptors (Lipinski definition) is 2. The molecule has 0 atom stereocenters. The van der Waals surface area contributed by atoms with Crippen molar-refractivity contribution in [3.63, 3.8) is 0 Å². The third-order valence-corrected chi connectivity index (χ3v) is 0.808. The van der Waals surface area contributed by atoms with Crippen LogP contribution in [-0.2, 0) is 26.2 Å². The number of ether oxygens (including phenoxy) is 1. The van der Waals surface area contributed by atoms with Gasteiger partial charge in [-0.2, -0.15) is 0 Å². The van der Waals surface area contributed by atoms with Crippen LogP contribution in [0.15, 0.2) is 0 Å². The van der Waals surface area contributed by atoms with Crippen LogP contribution in [0.3, 0.4) is 0 Å². The Hall–Kier alpha value is 1.37. The van der Waals surface area contributed by atoms with Crippen LogP contribution in [-0.4, -0.2) is 19.8 Å². The minimum Gasteiger partial charge on any atom is -1.00 e. The molecule has 0 spiro atoms. The quantitative estimate of drug-likeness (QED) is 0.459. The number of hydrogen-bond donors (Lipinski definition) is 0. The Bertz CT molecular complexity index is 37.7. The van der Waals surface area contributed by atoms with Crippen LogP contribution in [0, 0.1) is 0 Å². The molecule has 0 heterocycles.